The Morgan fingerprint density at radius 1 is 1.25 bits per heavy atom. The van der Waals surface area contributed by atoms with E-state index >= 15 is 0 Å². The number of hydrogen-bond acceptors (Lipinski definition) is 3. The first-order valence-corrected chi connectivity index (χ1v) is 8.15. The van der Waals surface area contributed by atoms with Crippen molar-refractivity contribution >= 4 is 33.6 Å². The molecule has 1 aromatic carbocycles. The summed E-state index contributed by atoms with van der Waals surface area (Å²) < 4.78 is 1.04. The highest BCUT2D eigenvalue weighted by molar-refractivity contribution is 9.10. The van der Waals surface area contributed by atoms with Gasteiger partial charge in [0.05, 0.1) is 18.0 Å². The number of nitrogens with zero attached hydrogens (tertiary/aromatic N) is 2. The van der Waals surface area contributed by atoms with E-state index in [2.05, 4.69) is 27.0 Å². The van der Waals surface area contributed by atoms with Gasteiger partial charge in [0.2, 0.25) is 5.91 Å². The fourth-order valence-electron chi connectivity index (χ4n) is 2.22. The number of rotatable bonds is 3. The molecule has 0 bridgehead atoms. The Balaban J connectivity index is 1.88. The maximum absolute atomic E-state index is 12.1. The number of pyridine rings is 1. The minimum absolute atomic E-state index is 0.0556. The molecule has 5 heteroatoms. The molecule has 3 nitrogen and oxygen atoms in total. The van der Waals surface area contributed by atoms with E-state index in [0.29, 0.717) is 12.3 Å². The lowest BCUT2D eigenvalue weighted by molar-refractivity contribution is -0.128. The highest BCUT2D eigenvalue weighted by atomic mass is 79.9. The lowest BCUT2D eigenvalue weighted by Gasteiger charge is -2.24. The molecular weight excluding hydrogens is 336 g/mol. The molecule has 1 aliphatic rings. The van der Waals surface area contributed by atoms with Crippen LogP contribution in [0.5, 0.6) is 0 Å². The molecule has 1 aromatic heterocycles. The van der Waals surface area contributed by atoms with Crippen LogP contribution in [0.25, 0.3) is 0 Å². The van der Waals surface area contributed by atoms with Gasteiger partial charge < -0.3 is 4.90 Å². The van der Waals surface area contributed by atoms with Gasteiger partial charge in [0.15, 0.2) is 0 Å². The normalized spacial score (nSPS) is 18.6. The third kappa shape index (κ3) is 2.74. The Bertz CT molecular complexity index is 620. The van der Waals surface area contributed by atoms with Crippen molar-refractivity contribution in [2.75, 3.05) is 5.75 Å². The van der Waals surface area contributed by atoms with Crippen molar-refractivity contribution < 1.29 is 4.79 Å². The zero-order valence-electron chi connectivity index (χ0n) is 10.7. The van der Waals surface area contributed by atoms with E-state index in [9.17, 15) is 4.79 Å². The lowest BCUT2D eigenvalue weighted by Crippen LogP contribution is -2.28. The summed E-state index contributed by atoms with van der Waals surface area (Å²) in [5.74, 6) is 0.695. The fourth-order valence-corrected chi connectivity index (χ4v) is 4.10. The quantitative estimate of drug-likeness (QED) is 0.849. The fraction of sp³-hybridized carbons (Fsp3) is 0.200. The Kier molecular flexibility index (Phi) is 4.08. The summed E-state index contributed by atoms with van der Waals surface area (Å²) in [7, 11) is 0. The van der Waals surface area contributed by atoms with Gasteiger partial charge in [-0.3, -0.25) is 9.78 Å². The van der Waals surface area contributed by atoms with Crippen LogP contribution in [-0.2, 0) is 11.3 Å². The summed E-state index contributed by atoms with van der Waals surface area (Å²) in [6.45, 7) is 0.554. The molecule has 0 aliphatic carbocycles. The van der Waals surface area contributed by atoms with Crippen molar-refractivity contribution in [1.82, 2.24) is 9.88 Å². The molecule has 2 heterocycles. The molecule has 1 aliphatic heterocycles. The molecule has 0 spiro atoms. The first-order chi connectivity index (χ1) is 9.75. The van der Waals surface area contributed by atoms with E-state index in [-0.39, 0.29) is 11.3 Å². The molecule has 1 fully saturated rings. The minimum Gasteiger partial charge on any atom is -0.320 e. The van der Waals surface area contributed by atoms with E-state index in [1.807, 2.05) is 41.3 Å². The Morgan fingerprint density at radius 3 is 2.80 bits per heavy atom. The molecule has 1 saturated heterocycles. The van der Waals surface area contributed by atoms with Crippen molar-refractivity contribution in [1.29, 1.82) is 0 Å². The Hall–Kier alpha value is -1.33. The molecule has 1 amide bonds. The van der Waals surface area contributed by atoms with Gasteiger partial charge in [-0.1, -0.05) is 40.2 Å². The first-order valence-electron chi connectivity index (χ1n) is 6.31. The van der Waals surface area contributed by atoms with Crippen LogP contribution in [0.3, 0.4) is 0 Å². The topological polar surface area (TPSA) is 33.2 Å². The molecule has 20 heavy (non-hydrogen) atoms. The van der Waals surface area contributed by atoms with Crippen molar-refractivity contribution in [3.63, 3.8) is 0 Å². The average Bonchev–Trinajstić information content (AvgIpc) is 2.82. The second-order valence-corrected chi connectivity index (χ2v) is 6.45. The molecule has 102 valence electrons. The third-order valence-corrected chi connectivity index (χ3v) is 5.16. The maximum Gasteiger partial charge on any atom is 0.234 e. The van der Waals surface area contributed by atoms with Crippen LogP contribution in [0.15, 0.2) is 53.1 Å². The number of amides is 1. The Labute approximate surface area is 130 Å². The lowest BCUT2D eigenvalue weighted by atomic mass is 10.2. The second-order valence-electron chi connectivity index (χ2n) is 4.53. The van der Waals surface area contributed by atoms with E-state index in [1.165, 1.54) is 0 Å². The summed E-state index contributed by atoms with van der Waals surface area (Å²) in [6, 6.07) is 13.8. The van der Waals surface area contributed by atoms with E-state index in [0.717, 1.165) is 15.7 Å². The number of carbonyl (C=O) groups is 1. The average molecular weight is 349 g/mol. The largest absolute Gasteiger partial charge is 0.320 e. The predicted octanol–water partition coefficient (Wildman–Crippen LogP) is 3.62. The molecular formula is C15H13BrN2OS. The smallest absolute Gasteiger partial charge is 0.234 e. The van der Waals surface area contributed by atoms with Crippen LogP contribution >= 0.6 is 27.7 Å². The van der Waals surface area contributed by atoms with Gasteiger partial charge in [-0.05, 0) is 23.8 Å². The molecule has 2 aromatic rings. The van der Waals surface area contributed by atoms with Crippen molar-refractivity contribution in [2.45, 2.75) is 11.9 Å². The molecule has 3 rings (SSSR count). The van der Waals surface area contributed by atoms with Crippen molar-refractivity contribution in [3.8, 4) is 0 Å². The molecule has 0 saturated carbocycles. The predicted molar refractivity (Wildman–Crippen MR) is 84.1 cm³/mol. The van der Waals surface area contributed by atoms with Gasteiger partial charge in [0.1, 0.15) is 5.37 Å². The third-order valence-electron chi connectivity index (χ3n) is 3.20. The van der Waals surface area contributed by atoms with Crippen LogP contribution in [-0.4, -0.2) is 21.5 Å². The SMILES string of the molecule is O=C1CSC(c2ccccc2Br)N1Cc1ccccn1. The highest BCUT2D eigenvalue weighted by Crippen LogP contribution is 2.41. The van der Waals surface area contributed by atoms with E-state index in [4.69, 9.17) is 0 Å². The Morgan fingerprint density at radius 2 is 2.05 bits per heavy atom. The van der Waals surface area contributed by atoms with Gasteiger partial charge in [0.25, 0.3) is 0 Å². The number of halogens is 1. The minimum atomic E-state index is 0.0556. The maximum atomic E-state index is 12.1. The molecule has 0 N–H and O–H groups in total. The number of hydrogen-bond donors (Lipinski definition) is 0. The first kappa shape index (κ1) is 13.6. The van der Waals surface area contributed by atoms with Gasteiger partial charge in [-0.15, -0.1) is 11.8 Å². The number of carbonyl (C=O) groups excluding carboxylic acids is 1. The van der Waals surface area contributed by atoms with E-state index < -0.39 is 0 Å². The summed E-state index contributed by atoms with van der Waals surface area (Å²) in [4.78, 5) is 18.3. The second kappa shape index (κ2) is 5.97. The van der Waals surface area contributed by atoms with Gasteiger partial charge in [0, 0.05) is 10.7 Å². The summed E-state index contributed by atoms with van der Waals surface area (Å²) in [6.07, 6.45) is 1.76. The van der Waals surface area contributed by atoms with Gasteiger partial charge in [-0.2, -0.15) is 0 Å². The summed E-state index contributed by atoms with van der Waals surface area (Å²) in [5.41, 5.74) is 2.06. The zero-order chi connectivity index (χ0) is 13.9. The standard InChI is InChI=1S/C15H13BrN2OS/c16-13-7-2-1-6-12(13)15-18(14(19)10-20-15)9-11-5-3-4-8-17-11/h1-8,15H,9-10H2. The number of aromatic nitrogens is 1. The van der Waals surface area contributed by atoms with Gasteiger partial charge in [-0.25, -0.2) is 0 Å². The van der Waals surface area contributed by atoms with E-state index in [1.54, 1.807) is 18.0 Å². The number of benzene rings is 1. The molecule has 0 radical (unpaired) electrons. The van der Waals surface area contributed by atoms with Gasteiger partial charge >= 0.3 is 0 Å². The van der Waals surface area contributed by atoms with Crippen LogP contribution in [0, 0.1) is 0 Å². The van der Waals surface area contributed by atoms with Crippen LogP contribution in [0.1, 0.15) is 16.6 Å². The zero-order valence-corrected chi connectivity index (χ0v) is 13.1. The molecule has 1 atom stereocenters. The monoisotopic (exact) mass is 348 g/mol. The van der Waals surface area contributed by atoms with Crippen LogP contribution in [0.4, 0.5) is 0 Å². The number of thioether (sulfide) groups is 1. The van der Waals surface area contributed by atoms with Crippen molar-refractivity contribution in [2.24, 2.45) is 0 Å². The summed E-state index contributed by atoms with van der Waals surface area (Å²) >= 11 is 5.24. The van der Waals surface area contributed by atoms with Crippen molar-refractivity contribution in [3.05, 3.63) is 64.4 Å². The van der Waals surface area contributed by atoms with Crippen LogP contribution < -0.4 is 0 Å². The summed E-state index contributed by atoms with van der Waals surface area (Å²) in [5, 5.41) is 0.0556. The van der Waals surface area contributed by atoms with Crippen LogP contribution in [0.2, 0.25) is 0 Å². The highest BCUT2D eigenvalue weighted by Gasteiger charge is 2.33. The molecule has 1 unspecified atom stereocenters.